The molecule has 0 radical (unpaired) electrons. The summed E-state index contributed by atoms with van der Waals surface area (Å²) in [5, 5.41) is 38.9. The topological polar surface area (TPSA) is 164 Å². The number of halogens is 2. The van der Waals surface area contributed by atoms with Gasteiger partial charge in [-0.05, 0) is 39.5 Å². The summed E-state index contributed by atoms with van der Waals surface area (Å²) >= 11 is 0. The van der Waals surface area contributed by atoms with Gasteiger partial charge in [-0.3, -0.25) is 0 Å². The average molecular weight is 570 g/mol. The first-order valence-corrected chi connectivity index (χ1v) is 11.7. The van der Waals surface area contributed by atoms with E-state index in [0.29, 0.717) is 0 Å². The van der Waals surface area contributed by atoms with E-state index in [1.54, 1.807) is 18.2 Å². The SMILES string of the molecule is [C-]#[N+]C1=C(c2cnc([N+]#[C-])nc2F)/C(=C(/C#N)[N+]#[C-])c2cc3c(cc21)/C(=C(/C#N)[N+]#[C-])C(c1cnc(C#N)nc1F)=C3C#N. The lowest BCUT2D eigenvalue weighted by Crippen LogP contribution is -2.00. The zero-order valence-corrected chi connectivity index (χ0v) is 21.4. The van der Waals surface area contributed by atoms with Crippen LogP contribution in [0.5, 0.6) is 0 Å². The van der Waals surface area contributed by atoms with Crippen molar-refractivity contribution >= 4 is 39.5 Å². The summed E-state index contributed by atoms with van der Waals surface area (Å²) in [5.41, 5.74) is -2.98. The van der Waals surface area contributed by atoms with E-state index < -0.39 is 40.6 Å². The molecule has 5 rings (SSSR count). The highest BCUT2D eigenvalue weighted by Crippen LogP contribution is 2.55. The molecule has 2 heterocycles. The molecule has 0 aliphatic heterocycles. The number of nitrogens with zero attached hydrogens (tertiary/aromatic N) is 12. The molecule has 0 fully saturated rings. The Morgan fingerprint density at radius 3 is 1.75 bits per heavy atom. The lowest BCUT2D eigenvalue weighted by atomic mass is 9.92. The molecule has 2 aliphatic carbocycles. The van der Waals surface area contributed by atoms with Gasteiger partial charge >= 0.3 is 5.95 Å². The maximum Gasteiger partial charge on any atom is 0.374 e. The molecule has 198 valence electrons. The number of allylic oxidation sites excluding steroid dienone is 7. The second-order valence-electron chi connectivity index (χ2n) is 8.53. The van der Waals surface area contributed by atoms with Crippen molar-refractivity contribution in [3.63, 3.8) is 0 Å². The molecule has 12 nitrogen and oxygen atoms in total. The summed E-state index contributed by atoms with van der Waals surface area (Å²) in [6.45, 7) is 30.1. The predicted molar refractivity (Wildman–Crippen MR) is 146 cm³/mol. The molecular formula is C30H4F2N12. The van der Waals surface area contributed by atoms with Gasteiger partial charge in [0.2, 0.25) is 17.5 Å². The van der Waals surface area contributed by atoms with Gasteiger partial charge in [0.15, 0.2) is 0 Å². The van der Waals surface area contributed by atoms with Gasteiger partial charge in [0, 0.05) is 17.3 Å². The lowest BCUT2D eigenvalue weighted by Gasteiger charge is -2.11. The summed E-state index contributed by atoms with van der Waals surface area (Å²) in [6, 6.07) is 9.61. The number of benzene rings is 1. The van der Waals surface area contributed by atoms with Crippen molar-refractivity contribution in [2.45, 2.75) is 0 Å². The third-order valence-electron chi connectivity index (χ3n) is 6.55. The summed E-state index contributed by atoms with van der Waals surface area (Å²) in [7, 11) is 0. The van der Waals surface area contributed by atoms with Gasteiger partial charge in [0.1, 0.15) is 12.1 Å². The Hall–Kier alpha value is -7.88. The molecule has 0 saturated heterocycles. The van der Waals surface area contributed by atoms with Gasteiger partial charge in [0.25, 0.3) is 17.3 Å². The first-order chi connectivity index (χ1) is 21.3. The molecule has 14 heteroatoms. The molecule has 0 saturated carbocycles. The van der Waals surface area contributed by atoms with Crippen molar-refractivity contribution in [2.24, 2.45) is 0 Å². The van der Waals surface area contributed by atoms with Crippen molar-refractivity contribution in [1.82, 2.24) is 19.9 Å². The third-order valence-corrected chi connectivity index (χ3v) is 6.55. The van der Waals surface area contributed by atoms with E-state index in [1.807, 2.05) is 6.07 Å². The minimum absolute atomic E-state index is 0.0434. The average Bonchev–Trinajstić information content (AvgIpc) is 3.52. The number of rotatable bonds is 2. The van der Waals surface area contributed by atoms with Gasteiger partial charge in [-0.15, -0.1) is 11.6 Å². The van der Waals surface area contributed by atoms with Gasteiger partial charge < -0.3 is 4.85 Å². The van der Waals surface area contributed by atoms with Crippen LogP contribution in [0.25, 0.3) is 52.9 Å². The minimum Gasteiger partial charge on any atom is -0.394 e. The first-order valence-electron chi connectivity index (χ1n) is 11.7. The lowest BCUT2D eigenvalue weighted by molar-refractivity contribution is 0.573. The quantitative estimate of drug-likeness (QED) is 0.221. The number of nitriles is 4. The second-order valence-corrected chi connectivity index (χ2v) is 8.53. The van der Waals surface area contributed by atoms with Crippen LogP contribution in [-0.2, 0) is 0 Å². The van der Waals surface area contributed by atoms with Crippen molar-refractivity contribution in [2.75, 3.05) is 0 Å². The molecule has 3 aromatic rings. The monoisotopic (exact) mass is 570 g/mol. The molecule has 0 atom stereocenters. The van der Waals surface area contributed by atoms with E-state index in [2.05, 4.69) is 39.3 Å². The Labute approximate surface area is 246 Å². The zero-order chi connectivity index (χ0) is 31.7. The summed E-state index contributed by atoms with van der Waals surface area (Å²) in [4.78, 5) is 27.5. The predicted octanol–water partition coefficient (Wildman–Crippen LogP) is 5.52. The number of hydrogen-bond donors (Lipinski definition) is 0. The second kappa shape index (κ2) is 10.6. The van der Waals surface area contributed by atoms with Crippen LogP contribution in [0.4, 0.5) is 14.7 Å². The largest absolute Gasteiger partial charge is 0.394 e. The highest BCUT2D eigenvalue weighted by atomic mass is 19.1. The van der Waals surface area contributed by atoms with Crippen LogP contribution >= 0.6 is 0 Å². The van der Waals surface area contributed by atoms with Crippen LogP contribution in [0.3, 0.4) is 0 Å². The van der Waals surface area contributed by atoms with E-state index in [-0.39, 0.29) is 61.4 Å². The Bertz CT molecular complexity index is 2190. The van der Waals surface area contributed by atoms with Gasteiger partial charge in [-0.25, -0.2) is 30.0 Å². The first kappa shape index (κ1) is 27.7. The van der Waals surface area contributed by atoms with Crippen molar-refractivity contribution in [3.8, 4) is 24.3 Å². The molecule has 0 spiro atoms. The molecular weight excluding hydrogens is 566 g/mol. The maximum absolute atomic E-state index is 15.2. The fraction of sp³-hybridized carbons (Fsp3) is 0. The zero-order valence-electron chi connectivity index (χ0n) is 21.4. The van der Waals surface area contributed by atoms with Crippen LogP contribution in [0.15, 0.2) is 35.9 Å². The molecule has 44 heavy (non-hydrogen) atoms. The summed E-state index contributed by atoms with van der Waals surface area (Å²) in [5.74, 6) is -3.43. The van der Waals surface area contributed by atoms with Crippen LogP contribution in [-0.4, -0.2) is 19.9 Å². The van der Waals surface area contributed by atoms with E-state index in [0.717, 1.165) is 12.4 Å². The van der Waals surface area contributed by atoms with Crippen molar-refractivity contribution in [3.05, 3.63) is 133 Å². The highest BCUT2D eigenvalue weighted by molar-refractivity contribution is 6.28. The maximum atomic E-state index is 15.2. The summed E-state index contributed by atoms with van der Waals surface area (Å²) in [6.07, 6.45) is 1.88. The summed E-state index contributed by atoms with van der Waals surface area (Å²) < 4.78 is 30.4. The Balaban J connectivity index is 1.94. The van der Waals surface area contributed by atoms with Gasteiger partial charge in [-0.2, -0.15) is 29.3 Å². The number of aromatic nitrogens is 4. The fourth-order valence-corrected chi connectivity index (χ4v) is 4.88. The smallest absolute Gasteiger partial charge is 0.374 e. The van der Waals surface area contributed by atoms with Crippen molar-refractivity contribution < 1.29 is 8.78 Å². The number of fused-ring (bicyclic) bond motifs is 2. The number of hydrogen-bond acceptors (Lipinski definition) is 8. The van der Waals surface area contributed by atoms with Crippen LogP contribution in [0.2, 0.25) is 0 Å². The fourth-order valence-electron chi connectivity index (χ4n) is 4.88. The van der Waals surface area contributed by atoms with E-state index in [4.69, 9.17) is 31.6 Å². The van der Waals surface area contributed by atoms with E-state index >= 15 is 8.78 Å². The van der Waals surface area contributed by atoms with Gasteiger partial charge in [-0.1, -0.05) is 6.07 Å². The van der Waals surface area contributed by atoms with Crippen LogP contribution in [0, 0.1) is 83.5 Å². The Kier molecular flexibility index (Phi) is 6.66. The highest BCUT2D eigenvalue weighted by Gasteiger charge is 2.39. The minimum atomic E-state index is -1.21. The molecule has 2 aliphatic rings. The van der Waals surface area contributed by atoms with Crippen LogP contribution < -0.4 is 0 Å². The molecule has 0 unspecified atom stereocenters. The molecule has 1 aromatic carbocycles. The normalized spacial score (nSPS) is 14.8. The molecule has 0 N–H and O–H groups in total. The van der Waals surface area contributed by atoms with Crippen LogP contribution in [0.1, 0.15) is 39.2 Å². The Morgan fingerprint density at radius 1 is 0.659 bits per heavy atom. The molecule has 0 amide bonds. The van der Waals surface area contributed by atoms with Gasteiger partial charge in [0.05, 0.1) is 54.8 Å². The molecule has 2 aromatic heterocycles. The standard InChI is InChI=1S/C30H4F2N12/c1-37-20(8-34)24-14-6-16-15(5-13(14)17(7-33)23(24)18-11-41-22(10-36)43-28(18)31)25(21(9-35)38-2)26(27(16)39-3)19-12-42-30(40-4)44-29(19)32/h5-6,11-12H/b24-20+,25-21-. The van der Waals surface area contributed by atoms with Crippen molar-refractivity contribution in [1.29, 1.82) is 21.0 Å². The van der Waals surface area contributed by atoms with E-state index in [9.17, 15) is 15.8 Å². The third kappa shape index (κ3) is 3.89. The van der Waals surface area contributed by atoms with E-state index in [1.165, 1.54) is 12.1 Å². The molecule has 0 bridgehead atoms. The Morgan fingerprint density at radius 2 is 1.23 bits per heavy atom.